The Hall–Kier alpha value is -1.63. The third-order valence-corrected chi connectivity index (χ3v) is 3.98. The molecule has 6 nitrogen and oxygen atoms in total. The van der Waals surface area contributed by atoms with Gasteiger partial charge in [-0.25, -0.2) is 0 Å². The Bertz CT molecular complexity index is 530. The van der Waals surface area contributed by atoms with E-state index < -0.39 is 4.92 Å². The van der Waals surface area contributed by atoms with Gasteiger partial charge in [-0.15, -0.1) is 0 Å². The predicted octanol–water partition coefficient (Wildman–Crippen LogP) is 2.78. The molecule has 1 amide bonds. The number of nitrogens with one attached hydrogen (secondary N) is 1. The van der Waals surface area contributed by atoms with Gasteiger partial charge < -0.3 is 10.2 Å². The van der Waals surface area contributed by atoms with Crippen molar-refractivity contribution in [2.75, 3.05) is 18.4 Å². The summed E-state index contributed by atoms with van der Waals surface area (Å²) < 4.78 is 0.577. The number of nitro benzene ring substituents is 1. The van der Waals surface area contributed by atoms with Crippen molar-refractivity contribution < 1.29 is 9.72 Å². The third kappa shape index (κ3) is 3.27. The first-order valence-corrected chi connectivity index (χ1v) is 7.27. The first-order chi connectivity index (χ1) is 9.49. The SMILES string of the molecule is CC(Nc1ccc([N+](=O)[O-])cc1Br)C(=O)N1CCCC1. The second kappa shape index (κ2) is 6.21. The summed E-state index contributed by atoms with van der Waals surface area (Å²) in [6.45, 7) is 3.42. The Labute approximate surface area is 125 Å². The van der Waals surface area contributed by atoms with E-state index in [1.54, 1.807) is 13.0 Å². The zero-order valence-electron chi connectivity index (χ0n) is 11.1. The number of rotatable bonds is 4. The zero-order chi connectivity index (χ0) is 14.7. The van der Waals surface area contributed by atoms with Crippen LogP contribution < -0.4 is 5.32 Å². The third-order valence-electron chi connectivity index (χ3n) is 3.32. The van der Waals surface area contributed by atoms with Gasteiger partial charge >= 0.3 is 0 Å². The summed E-state index contributed by atoms with van der Waals surface area (Å²) in [4.78, 5) is 24.2. The number of nitro groups is 1. The molecule has 1 aliphatic rings. The first-order valence-electron chi connectivity index (χ1n) is 6.48. The minimum Gasteiger partial charge on any atom is -0.373 e. The Kier molecular flexibility index (Phi) is 4.59. The van der Waals surface area contributed by atoms with E-state index in [4.69, 9.17) is 0 Å². The highest BCUT2D eigenvalue weighted by atomic mass is 79.9. The van der Waals surface area contributed by atoms with Crippen LogP contribution in [-0.2, 0) is 4.79 Å². The number of non-ortho nitro benzene ring substituents is 1. The molecule has 1 saturated heterocycles. The van der Waals surface area contributed by atoms with Gasteiger partial charge in [0.15, 0.2) is 0 Å². The van der Waals surface area contributed by atoms with Crippen LogP contribution in [0.5, 0.6) is 0 Å². The summed E-state index contributed by atoms with van der Waals surface area (Å²) in [5, 5.41) is 13.8. The number of hydrogen-bond acceptors (Lipinski definition) is 4. The van der Waals surface area contributed by atoms with Gasteiger partial charge in [-0.3, -0.25) is 14.9 Å². The molecule has 1 atom stereocenters. The lowest BCUT2D eigenvalue weighted by atomic mass is 10.2. The van der Waals surface area contributed by atoms with Gasteiger partial charge in [0.05, 0.1) is 4.92 Å². The second-order valence-corrected chi connectivity index (χ2v) is 5.67. The van der Waals surface area contributed by atoms with Crippen molar-refractivity contribution in [3.63, 3.8) is 0 Å². The number of hydrogen-bond donors (Lipinski definition) is 1. The molecule has 0 aliphatic carbocycles. The van der Waals surface area contributed by atoms with Crippen LogP contribution in [-0.4, -0.2) is 34.9 Å². The van der Waals surface area contributed by atoms with E-state index in [0.717, 1.165) is 25.9 Å². The van der Waals surface area contributed by atoms with E-state index in [-0.39, 0.29) is 17.6 Å². The molecule has 0 saturated carbocycles. The fourth-order valence-corrected chi connectivity index (χ4v) is 2.72. The topological polar surface area (TPSA) is 75.5 Å². The standard InChI is InChI=1S/C13H16BrN3O3/c1-9(13(18)16-6-2-3-7-16)15-12-5-4-10(17(19)20)8-11(12)14/h4-5,8-9,15H,2-3,6-7H2,1H3. The second-order valence-electron chi connectivity index (χ2n) is 4.82. The summed E-state index contributed by atoms with van der Waals surface area (Å²) in [6.07, 6.45) is 2.11. The Morgan fingerprint density at radius 1 is 1.45 bits per heavy atom. The lowest BCUT2D eigenvalue weighted by Gasteiger charge is -2.22. The Balaban J connectivity index is 2.05. The van der Waals surface area contributed by atoms with Crippen molar-refractivity contribution in [3.8, 4) is 0 Å². The van der Waals surface area contributed by atoms with Gasteiger partial charge in [0.1, 0.15) is 6.04 Å². The van der Waals surface area contributed by atoms with Crippen LogP contribution in [0, 0.1) is 10.1 Å². The number of anilines is 1. The van der Waals surface area contributed by atoms with Crippen molar-refractivity contribution in [2.45, 2.75) is 25.8 Å². The fraction of sp³-hybridized carbons (Fsp3) is 0.462. The maximum Gasteiger partial charge on any atom is 0.270 e. The molecule has 108 valence electrons. The molecule has 0 bridgehead atoms. The van der Waals surface area contributed by atoms with Crippen LogP contribution in [0.2, 0.25) is 0 Å². The zero-order valence-corrected chi connectivity index (χ0v) is 12.7. The number of likely N-dealkylation sites (tertiary alicyclic amines) is 1. The van der Waals surface area contributed by atoms with Gasteiger partial charge in [0.2, 0.25) is 5.91 Å². The summed E-state index contributed by atoms with van der Waals surface area (Å²) in [5.41, 5.74) is 0.691. The molecule has 2 rings (SSSR count). The number of amides is 1. The fourth-order valence-electron chi connectivity index (χ4n) is 2.24. The van der Waals surface area contributed by atoms with E-state index >= 15 is 0 Å². The minimum absolute atomic E-state index is 0.0148. The average Bonchev–Trinajstić information content (AvgIpc) is 2.93. The van der Waals surface area contributed by atoms with Crippen LogP contribution in [0.15, 0.2) is 22.7 Å². The predicted molar refractivity (Wildman–Crippen MR) is 79.7 cm³/mol. The highest BCUT2D eigenvalue weighted by Crippen LogP contribution is 2.27. The summed E-state index contributed by atoms with van der Waals surface area (Å²) in [5.74, 6) is 0.0627. The van der Waals surface area contributed by atoms with Crippen LogP contribution in [0.25, 0.3) is 0 Å². The van der Waals surface area contributed by atoms with Crippen LogP contribution >= 0.6 is 15.9 Å². The first kappa shape index (κ1) is 14.8. The van der Waals surface area contributed by atoms with Gasteiger partial charge in [-0.1, -0.05) is 0 Å². The Morgan fingerprint density at radius 3 is 2.65 bits per heavy atom. The lowest BCUT2D eigenvalue weighted by Crippen LogP contribution is -2.39. The molecule has 1 unspecified atom stereocenters. The average molecular weight is 342 g/mol. The maximum absolute atomic E-state index is 12.2. The van der Waals surface area contributed by atoms with Crippen LogP contribution in [0.4, 0.5) is 11.4 Å². The molecule has 0 spiro atoms. The van der Waals surface area contributed by atoms with E-state index in [2.05, 4.69) is 21.2 Å². The highest BCUT2D eigenvalue weighted by Gasteiger charge is 2.23. The van der Waals surface area contributed by atoms with Gasteiger partial charge in [0, 0.05) is 35.4 Å². The van der Waals surface area contributed by atoms with Crippen molar-refractivity contribution in [3.05, 3.63) is 32.8 Å². The lowest BCUT2D eigenvalue weighted by molar-refractivity contribution is -0.384. The molecule has 1 aliphatic heterocycles. The normalized spacial score (nSPS) is 16.0. The van der Waals surface area contributed by atoms with Crippen LogP contribution in [0.3, 0.4) is 0 Å². The molecule has 0 aromatic heterocycles. The van der Waals surface area contributed by atoms with Crippen molar-refractivity contribution in [1.29, 1.82) is 0 Å². The molecular formula is C13H16BrN3O3. The van der Waals surface area contributed by atoms with E-state index in [1.165, 1.54) is 12.1 Å². The van der Waals surface area contributed by atoms with Gasteiger partial charge in [-0.2, -0.15) is 0 Å². The number of halogens is 1. The van der Waals surface area contributed by atoms with Crippen molar-refractivity contribution in [1.82, 2.24) is 4.90 Å². The molecule has 1 aromatic carbocycles. The molecule has 1 fully saturated rings. The number of carbonyl (C=O) groups is 1. The molecule has 0 radical (unpaired) electrons. The molecule has 1 aromatic rings. The molecule has 20 heavy (non-hydrogen) atoms. The van der Waals surface area contributed by atoms with Crippen molar-refractivity contribution in [2.24, 2.45) is 0 Å². The van der Waals surface area contributed by atoms with E-state index in [9.17, 15) is 14.9 Å². The molecule has 1 N–H and O–H groups in total. The molecule has 1 heterocycles. The molecule has 7 heteroatoms. The van der Waals surface area contributed by atoms with Gasteiger partial charge in [0.25, 0.3) is 5.69 Å². The minimum atomic E-state index is -0.451. The quantitative estimate of drug-likeness (QED) is 0.674. The smallest absolute Gasteiger partial charge is 0.270 e. The van der Waals surface area contributed by atoms with E-state index in [1.807, 2.05) is 4.90 Å². The maximum atomic E-state index is 12.2. The monoisotopic (exact) mass is 341 g/mol. The number of carbonyl (C=O) groups excluding carboxylic acids is 1. The Morgan fingerprint density at radius 2 is 2.10 bits per heavy atom. The largest absolute Gasteiger partial charge is 0.373 e. The number of benzene rings is 1. The van der Waals surface area contributed by atoms with Crippen molar-refractivity contribution >= 4 is 33.2 Å². The summed E-state index contributed by atoms with van der Waals surface area (Å²) in [6, 6.07) is 4.09. The van der Waals surface area contributed by atoms with Gasteiger partial charge in [-0.05, 0) is 41.8 Å². The summed E-state index contributed by atoms with van der Waals surface area (Å²) >= 11 is 3.28. The summed E-state index contributed by atoms with van der Waals surface area (Å²) in [7, 11) is 0. The number of nitrogens with zero attached hydrogens (tertiary/aromatic N) is 2. The molecular weight excluding hydrogens is 326 g/mol. The van der Waals surface area contributed by atoms with E-state index in [0.29, 0.717) is 10.2 Å². The highest BCUT2D eigenvalue weighted by molar-refractivity contribution is 9.10. The van der Waals surface area contributed by atoms with Crippen LogP contribution in [0.1, 0.15) is 19.8 Å².